The van der Waals surface area contributed by atoms with E-state index >= 15 is 0 Å². The van der Waals surface area contributed by atoms with Gasteiger partial charge in [-0.15, -0.1) is 0 Å². The van der Waals surface area contributed by atoms with Gasteiger partial charge < -0.3 is 5.32 Å². The number of nitrogens with one attached hydrogen (secondary N) is 2. The number of nitrogens with zero attached hydrogens (tertiary/aromatic N) is 1. The Morgan fingerprint density at radius 1 is 1.45 bits per heavy atom. The lowest BCUT2D eigenvalue weighted by molar-refractivity contribution is 0.313. The van der Waals surface area contributed by atoms with Crippen LogP contribution in [0.3, 0.4) is 0 Å². The molecule has 112 valence electrons. The van der Waals surface area contributed by atoms with Crippen LogP contribution in [-0.4, -0.2) is 26.5 Å². The maximum atomic E-state index is 12.4. The lowest BCUT2D eigenvalue weighted by Gasteiger charge is -2.27. The highest BCUT2D eigenvalue weighted by Crippen LogP contribution is 2.38. The minimum atomic E-state index is -3.59. The summed E-state index contributed by atoms with van der Waals surface area (Å²) in [5, 5.41) is 3.09. The van der Waals surface area contributed by atoms with Gasteiger partial charge in [0, 0.05) is 19.3 Å². The fourth-order valence-corrected chi connectivity index (χ4v) is 4.29. The molecule has 0 saturated heterocycles. The molecular formula is C13H20ClN3O2S. The van der Waals surface area contributed by atoms with Gasteiger partial charge in [-0.1, -0.05) is 31.9 Å². The van der Waals surface area contributed by atoms with Crippen molar-refractivity contribution in [1.29, 1.82) is 0 Å². The molecule has 0 aliphatic heterocycles. The van der Waals surface area contributed by atoms with Gasteiger partial charge in [0.15, 0.2) is 0 Å². The highest BCUT2D eigenvalue weighted by molar-refractivity contribution is 7.89. The largest absolute Gasteiger partial charge is 0.372 e. The SMILES string of the molecule is CNc1ncc(S(=O)(=O)NC2CCCC2(C)C)cc1Cl. The number of halogens is 1. The number of hydrogen-bond acceptors (Lipinski definition) is 4. The zero-order valence-electron chi connectivity index (χ0n) is 11.9. The molecule has 1 aromatic heterocycles. The second-order valence-corrected chi connectivity index (χ2v) is 7.93. The predicted octanol–water partition coefficient (Wildman–Crippen LogP) is 2.63. The number of pyridine rings is 1. The van der Waals surface area contributed by atoms with Crippen LogP contribution < -0.4 is 10.0 Å². The van der Waals surface area contributed by atoms with Crippen molar-refractivity contribution in [2.45, 2.75) is 44.0 Å². The van der Waals surface area contributed by atoms with E-state index in [4.69, 9.17) is 11.6 Å². The van der Waals surface area contributed by atoms with E-state index in [1.165, 1.54) is 12.3 Å². The third-order valence-corrected chi connectivity index (χ3v) is 5.64. The van der Waals surface area contributed by atoms with Gasteiger partial charge in [-0.25, -0.2) is 18.1 Å². The number of aromatic nitrogens is 1. The first-order chi connectivity index (χ1) is 9.26. The summed E-state index contributed by atoms with van der Waals surface area (Å²) in [6.45, 7) is 4.17. The van der Waals surface area contributed by atoms with Crippen LogP contribution in [0.25, 0.3) is 0 Å². The van der Waals surface area contributed by atoms with Crippen LogP contribution in [0.15, 0.2) is 17.2 Å². The Morgan fingerprint density at radius 2 is 2.15 bits per heavy atom. The Hall–Kier alpha value is -0.850. The standard InChI is InChI=1S/C13H20ClN3O2S/c1-13(2)6-4-5-11(13)17-20(18,19)9-7-10(14)12(15-3)16-8-9/h7-8,11,17H,4-6H2,1-3H3,(H,15,16). The molecule has 1 aromatic rings. The summed E-state index contributed by atoms with van der Waals surface area (Å²) in [5.74, 6) is 0.465. The van der Waals surface area contributed by atoms with Gasteiger partial charge in [0.1, 0.15) is 10.7 Å². The van der Waals surface area contributed by atoms with Gasteiger partial charge in [0.2, 0.25) is 10.0 Å². The Kier molecular flexibility index (Phi) is 4.27. The molecule has 1 atom stereocenters. The van der Waals surface area contributed by atoms with E-state index in [-0.39, 0.29) is 16.4 Å². The van der Waals surface area contributed by atoms with E-state index in [2.05, 4.69) is 28.9 Å². The molecule has 1 saturated carbocycles. The van der Waals surface area contributed by atoms with Gasteiger partial charge in [-0.05, 0) is 24.3 Å². The molecule has 20 heavy (non-hydrogen) atoms. The van der Waals surface area contributed by atoms with Crippen LogP contribution in [0, 0.1) is 5.41 Å². The van der Waals surface area contributed by atoms with Gasteiger partial charge in [-0.2, -0.15) is 0 Å². The first kappa shape index (κ1) is 15.5. The molecule has 2 N–H and O–H groups in total. The molecule has 0 bridgehead atoms. The number of rotatable bonds is 4. The normalized spacial score (nSPS) is 21.9. The molecule has 0 amide bonds. The summed E-state index contributed by atoms with van der Waals surface area (Å²) < 4.78 is 27.6. The molecule has 1 unspecified atom stereocenters. The fourth-order valence-electron chi connectivity index (χ4n) is 2.55. The van der Waals surface area contributed by atoms with E-state index in [9.17, 15) is 8.42 Å². The molecule has 7 heteroatoms. The quantitative estimate of drug-likeness (QED) is 0.895. The zero-order valence-corrected chi connectivity index (χ0v) is 13.5. The average molecular weight is 318 g/mol. The van der Waals surface area contributed by atoms with Crippen LogP contribution in [0.5, 0.6) is 0 Å². The molecule has 0 spiro atoms. The lowest BCUT2D eigenvalue weighted by Crippen LogP contribution is -2.41. The Morgan fingerprint density at radius 3 is 2.65 bits per heavy atom. The molecule has 1 fully saturated rings. The lowest BCUT2D eigenvalue weighted by atomic mass is 9.88. The maximum Gasteiger partial charge on any atom is 0.242 e. The van der Waals surface area contributed by atoms with Gasteiger partial charge in [-0.3, -0.25) is 0 Å². The Labute approximate surface area is 125 Å². The minimum absolute atomic E-state index is 0.0186. The predicted molar refractivity (Wildman–Crippen MR) is 80.5 cm³/mol. The molecule has 1 heterocycles. The topological polar surface area (TPSA) is 71.1 Å². The number of sulfonamides is 1. The van der Waals surface area contributed by atoms with E-state index < -0.39 is 10.0 Å². The zero-order chi connectivity index (χ0) is 15.0. The minimum Gasteiger partial charge on any atom is -0.372 e. The van der Waals surface area contributed by atoms with Crippen molar-refractivity contribution in [2.75, 3.05) is 12.4 Å². The molecule has 5 nitrogen and oxygen atoms in total. The van der Waals surface area contributed by atoms with Crippen molar-refractivity contribution < 1.29 is 8.42 Å². The van der Waals surface area contributed by atoms with E-state index in [1.807, 2.05) is 0 Å². The molecule has 0 aromatic carbocycles. The first-order valence-corrected chi connectivity index (χ1v) is 8.48. The molecule has 1 aliphatic rings. The smallest absolute Gasteiger partial charge is 0.242 e. The molecule has 0 radical (unpaired) electrons. The van der Waals surface area contributed by atoms with Crippen molar-refractivity contribution in [2.24, 2.45) is 5.41 Å². The second kappa shape index (κ2) is 5.50. The van der Waals surface area contributed by atoms with E-state index in [1.54, 1.807) is 7.05 Å². The van der Waals surface area contributed by atoms with Gasteiger partial charge >= 0.3 is 0 Å². The van der Waals surface area contributed by atoms with E-state index in [0.717, 1.165) is 19.3 Å². The van der Waals surface area contributed by atoms with Gasteiger partial charge in [0.25, 0.3) is 0 Å². The summed E-state index contributed by atoms with van der Waals surface area (Å²) in [6, 6.07) is 1.38. The maximum absolute atomic E-state index is 12.4. The van der Waals surface area contributed by atoms with Crippen molar-refractivity contribution >= 4 is 27.4 Å². The summed E-state index contributed by atoms with van der Waals surface area (Å²) in [6.07, 6.45) is 4.25. The summed E-state index contributed by atoms with van der Waals surface area (Å²) in [4.78, 5) is 4.11. The highest BCUT2D eigenvalue weighted by Gasteiger charge is 2.37. The highest BCUT2D eigenvalue weighted by atomic mass is 35.5. The van der Waals surface area contributed by atoms with Crippen LogP contribution >= 0.6 is 11.6 Å². The van der Waals surface area contributed by atoms with E-state index in [0.29, 0.717) is 10.8 Å². The van der Waals surface area contributed by atoms with Crippen molar-refractivity contribution in [3.05, 3.63) is 17.3 Å². The van der Waals surface area contributed by atoms with Crippen molar-refractivity contribution in [1.82, 2.24) is 9.71 Å². The van der Waals surface area contributed by atoms with Crippen LogP contribution in [0.4, 0.5) is 5.82 Å². The third kappa shape index (κ3) is 3.07. The van der Waals surface area contributed by atoms with Crippen molar-refractivity contribution in [3.63, 3.8) is 0 Å². The van der Waals surface area contributed by atoms with Gasteiger partial charge in [0.05, 0.1) is 5.02 Å². The monoisotopic (exact) mass is 317 g/mol. The van der Waals surface area contributed by atoms with Crippen LogP contribution in [0.1, 0.15) is 33.1 Å². The Balaban J connectivity index is 2.25. The number of hydrogen-bond donors (Lipinski definition) is 2. The summed E-state index contributed by atoms with van der Waals surface area (Å²) >= 11 is 5.99. The third-order valence-electron chi connectivity index (χ3n) is 3.92. The molecular weight excluding hydrogens is 298 g/mol. The summed E-state index contributed by atoms with van der Waals surface area (Å²) in [5.41, 5.74) is -0.0186. The average Bonchev–Trinajstić information content (AvgIpc) is 2.68. The number of anilines is 1. The van der Waals surface area contributed by atoms with Crippen LogP contribution in [-0.2, 0) is 10.0 Å². The fraction of sp³-hybridized carbons (Fsp3) is 0.615. The summed E-state index contributed by atoms with van der Waals surface area (Å²) in [7, 11) is -1.90. The second-order valence-electron chi connectivity index (χ2n) is 5.81. The Bertz CT molecular complexity index is 602. The van der Waals surface area contributed by atoms with Crippen molar-refractivity contribution in [3.8, 4) is 0 Å². The molecule has 2 rings (SSSR count). The van der Waals surface area contributed by atoms with Crippen LogP contribution in [0.2, 0.25) is 5.02 Å². The molecule has 1 aliphatic carbocycles. The first-order valence-electron chi connectivity index (χ1n) is 6.62.